The van der Waals surface area contributed by atoms with Crippen LogP contribution in [0.5, 0.6) is 0 Å². The van der Waals surface area contributed by atoms with Gasteiger partial charge in [-0.2, -0.15) is 5.26 Å². The van der Waals surface area contributed by atoms with Crippen LogP contribution in [0.3, 0.4) is 0 Å². The predicted octanol–water partition coefficient (Wildman–Crippen LogP) is 1.89. The highest BCUT2D eigenvalue weighted by molar-refractivity contribution is 6.01. The molecule has 1 unspecified atom stereocenters. The number of ether oxygens (including phenoxy) is 1. The third kappa shape index (κ3) is 3.94. The van der Waals surface area contributed by atoms with Gasteiger partial charge in [-0.15, -0.1) is 0 Å². The SMILES string of the molecule is N#CC(=Cc1ccccc1)C(=O)NCC1CCCO1. The van der Waals surface area contributed by atoms with Crippen LogP contribution in [-0.2, 0) is 9.53 Å². The normalized spacial score (nSPS) is 18.9. The van der Waals surface area contributed by atoms with E-state index >= 15 is 0 Å². The van der Waals surface area contributed by atoms with Gasteiger partial charge in [-0.05, 0) is 24.5 Å². The molecule has 0 spiro atoms. The molecule has 0 aliphatic carbocycles. The Morgan fingerprint density at radius 2 is 2.26 bits per heavy atom. The van der Waals surface area contributed by atoms with Gasteiger partial charge < -0.3 is 10.1 Å². The van der Waals surface area contributed by atoms with Crippen molar-refractivity contribution in [1.29, 1.82) is 5.26 Å². The molecule has 1 aromatic rings. The van der Waals surface area contributed by atoms with Gasteiger partial charge in [0.15, 0.2) is 0 Å². The van der Waals surface area contributed by atoms with Gasteiger partial charge in [0.25, 0.3) is 5.91 Å². The lowest BCUT2D eigenvalue weighted by molar-refractivity contribution is -0.117. The van der Waals surface area contributed by atoms with Crippen molar-refractivity contribution in [3.63, 3.8) is 0 Å². The topological polar surface area (TPSA) is 62.1 Å². The highest BCUT2D eigenvalue weighted by Gasteiger charge is 2.17. The van der Waals surface area contributed by atoms with Gasteiger partial charge in [-0.25, -0.2) is 0 Å². The summed E-state index contributed by atoms with van der Waals surface area (Å²) in [7, 11) is 0. The van der Waals surface area contributed by atoms with E-state index in [4.69, 9.17) is 10.00 Å². The molecular weight excluding hydrogens is 240 g/mol. The van der Waals surface area contributed by atoms with E-state index in [1.807, 2.05) is 36.4 Å². The number of carbonyl (C=O) groups is 1. The summed E-state index contributed by atoms with van der Waals surface area (Å²) in [4.78, 5) is 11.9. The van der Waals surface area contributed by atoms with Crippen LogP contribution in [0.25, 0.3) is 6.08 Å². The molecule has 0 radical (unpaired) electrons. The molecule has 0 bridgehead atoms. The van der Waals surface area contributed by atoms with Crippen molar-refractivity contribution in [2.75, 3.05) is 13.2 Å². The molecule has 1 atom stereocenters. The summed E-state index contributed by atoms with van der Waals surface area (Å²) in [5, 5.41) is 11.8. The summed E-state index contributed by atoms with van der Waals surface area (Å²) in [5.74, 6) is -0.346. The monoisotopic (exact) mass is 256 g/mol. The summed E-state index contributed by atoms with van der Waals surface area (Å²) < 4.78 is 5.42. The molecule has 1 N–H and O–H groups in total. The van der Waals surface area contributed by atoms with E-state index in [-0.39, 0.29) is 17.6 Å². The minimum atomic E-state index is -0.346. The van der Waals surface area contributed by atoms with E-state index in [0.717, 1.165) is 25.0 Å². The lowest BCUT2D eigenvalue weighted by atomic mass is 10.1. The number of hydrogen-bond donors (Lipinski definition) is 1. The molecule has 1 aromatic carbocycles. The minimum Gasteiger partial charge on any atom is -0.376 e. The Kier molecular flexibility index (Phi) is 4.71. The van der Waals surface area contributed by atoms with Crippen LogP contribution >= 0.6 is 0 Å². The van der Waals surface area contributed by atoms with Gasteiger partial charge in [0.05, 0.1) is 6.10 Å². The van der Waals surface area contributed by atoms with Gasteiger partial charge in [-0.3, -0.25) is 4.79 Å². The first kappa shape index (κ1) is 13.3. The molecule has 0 saturated carbocycles. The molecular formula is C15H16N2O2. The predicted molar refractivity (Wildman–Crippen MR) is 72.0 cm³/mol. The molecule has 4 heteroatoms. The summed E-state index contributed by atoms with van der Waals surface area (Å²) in [5.41, 5.74) is 0.954. The zero-order valence-electron chi connectivity index (χ0n) is 10.6. The van der Waals surface area contributed by atoms with Gasteiger partial charge in [-0.1, -0.05) is 30.3 Å². The van der Waals surface area contributed by atoms with Crippen molar-refractivity contribution in [3.8, 4) is 6.07 Å². The number of benzene rings is 1. The van der Waals surface area contributed by atoms with E-state index < -0.39 is 0 Å². The molecule has 1 fully saturated rings. The Balaban J connectivity index is 1.95. The lowest BCUT2D eigenvalue weighted by Crippen LogP contribution is -2.32. The minimum absolute atomic E-state index is 0.0839. The van der Waals surface area contributed by atoms with Gasteiger partial charge in [0, 0.05) is 13.2 Å². The molecule has 1 heterocycles. The number of rotatable bonds is 4. The average Bonchev–Trinajstić information content (AvgIpc) is 2.96. The summed E-state index contributed by atoms with van der Waals surface area (Å²) >= 11 is 0. The molecule has 0 aromatic heterocycles. The Morgan fingerprint density at radius 1 is 1.47 bits per heavy atom. The van der Waals surface area contributed by atoms with Gasteiger partial charge >= 0.3 is 0 Å². The highest BCUT2D eigenvalue weighted by atomic mass is 16.5. The Bertz CT molecular complexity index is 497. The Hall–Kier alpha value is -2.12. The largest absolute Gasteiger partial charge is 0.376 e. The molecule has 98 valence electrons. The maximum atomic E-state index is 11.9. The molecule has 19 heavy (non-hydrogen) atoms. The molecule has 1 aliphatic heterocycles. The zero-order chi connectivity index (χ0) is 13.5. The highest BCUT2D eigenvalue weighted by Crippen LogP contribution is 2.11. The fraction of sp³-hybridized carbons (Fsp3) is 0.333. The number of hydrogen-bond acceptors (Lipinski definition) is 3. The van der Waals surface area contributed by atoms with Crippen molar-refractivity contribution in [2.24, 2.45) is 0 Å². The standard InChI is InChI=1S/C15H16N2O2/c16-10-13(9-12-5-2-1-3-6-12)15(18)17-11-14-7-4-8-19-14/h1-3,5-6,9,14H,4,7-8,11H2,(H,17,18). The van der Waals surface area contributed by atoms with E-state index in [1.54, 1.807) is 6.08 Å². The maximum Gasteiger partial charge on any atom is 0.262 e. The maximum absolute atomic E-state index is 11.9. The van der Waals surface area contributed by atoms with Crippen LogP contribution in [0, 0.1) is 11.3 Å². The summed E-state index contributed by atoms with van der Waals surface area (Å²) in [6, 6.07) is 11.3. The number of nitrogens with zero attached hydrogens (tertiary/aromatic N) is 1. The van der Waals surface area contributed by atoms with Gasteiger partial charge in [0.2, 0.25) is 0 Å². The van der Waals surface area contributed by atoms with Crippen LogP contribution in [0.4, 0.5) is 0 Å². The zero-order valence-corrected chi connectivity index (χ0v) is 10.6. The second kappa shape index (κ2) is 6.72. The molecule has 1 amide bonds. The number of amides is 1. The number of carbonyl (C=O) groups excluding carboxylic acids is 1. The first-order valence-electron chi connectivity index (χ1n) is 6.36. The summed E-state index contributed by atoms with van der Waals surface area (Å²) in [6.45, 7) is 1.22. The van der Waals surface area contributed by atoms with Crippen molar-refractivity contribution in [3.05, 3.63) is 41.5 Å². The van der Waals surface area contributed by atoms with Crippen LogP contribution in [-0.4, -0.2) is 25.2 Å². The van der Waals surface area contributed by atoms with E-state index in [1.165, 1.54) is 0 Å². The fourth-order valence-corrected chi connectivity index (χ4v) is 1.97. The average molecular weight is 256 g/mol. The van der Waals surface area contributed by atoms with Crippen LogP contribution in [0.15, 0.2) is 35.9 Å². The quantitative estimate of drug-likeness (QED) is 0.661. The van der Waals surface area contributed by atoms with E-state index in [0.29, 0.717) is 6.54 Å². The third-order valence-electron chi connectivity index (χ3n) is 2.99. The smallest absolute Gasteiger partial charge is 0.262 e. The van der Waals surface area contributed by atoms with E-state index in [9.17, 15) is 4.79 Å². The number of nitrogens with one attached hydrogen (secondary N) is 1. The van der Waals surface area contributed by atoms with Crippen LogP contribution < -0.4 is 5.32 Å². The van der Waals surface area contributed by atoms with Gasteiger partial charge in [0.1, 0.15) is 11.6 Å². The van der Waals surface area contributed by atoms with Crippen molar-refractivity contribution >= 4 is 12.0 Å². The van der Waals surface area contributed by atoms with E-state index in [2.05, 4.69) is 5.32 Å². The Morgan fingerprint density at radius 3 is 2.89 bits per heavy atom. The lowest BCUT2D eigenvalue weighted by Gasteiger charge is -2.10. The first-order valence-corrected chi connectivity index (χ1v) is 6.36. The third-order valence-corrected chi connectivity index (χ3v) is 2.99. The molecule has 1 aliphatic rings. The van der Waals surface area contributed by atoms with Crippen molar-refractivity contribution in [1.82, 2.24) is 5.32 Å². The summed E-state index contributed by atoms with van der Waals surface area (Å²) in [6.07, 6.45) is 3.67. The second-order valence-corrected chi connectivity index (χ2v) is 4.43. The number of nitriles is 1. The molecule has 4 nitrogen and oxygen atoms in total. The van der Waals surface area contributed by atoms with Crippen molar-refractivity contribution in [2.45, 2.75) is 18.9 Å². The van der Waals surface area contributed by atoms with Crippen LogP contribution in [0.2, 0.25) is 0 Å². The van der Waals surface area contributed by atoms with Crippen LogP contribution in [0.1, 0.15) is 18.4 Å². The molecule has 2 rings (SSSR count). The van der Waals surface area contributed by atoms with Crippen molar-refractivity contribution < 1.29 is 9.53 Å². The first-order chi connectivity index (χ1) is 9.29. The fourth-order valence-electron chi connectivity index (χ4n) is 1.97. The second-order valence-electron chi connectivity index (χ2n) is 4.43. The molecule has 1 saturated heterocycles. The Labute approximate surface area is 112 Å².